The van der Waals surface area contributed by atoms with Crippen LogP contribution in [0.25, 0.3) is 0 Å². The molecule has 0 aliphatic rings. The van der Waals surface area contributed by atoms with Gasteiger partial charge in [0.05, 0.1) is 13.1 Å². The molecule has 2 rings (SSSR count). The van der Waals surface area contributed by atoms with E-state index in [1.54, 1.807) is 31.3 Å². The Kier molecular flexibility index (Phi) is 8.45. The maximum Gasteiger partial charge on any atom is 0.276 e. The second-order valence-electron chi connectivity index (χ2n) is 6.43. The smallest absolute Gasteiger partial charge is 0.276 e. The van der Waals surface area contributed by atoms with Gasteiger partial charge in [0.25, 0.3) is 11.8 Å². The molecule has 0 bridgehead atoms. The molecule has 0 unspecified atom stereocenters. The van der Waals surface area contributed by atoms with Gasteiger partial charge in [-0.25, -0.2) is 0 Å². The Morgan fingerprint density at radius 3 is 2.14 bits per heavy atom. The number of aryl methyl sites for hydroxylation is 1. The lowest BCUT2D eigenvalue weighted by Crippen LogP contribution is -2.48. The van der Waals surface area contributed by atoms with E-state index in [1.165, 1.54) is 4.90 Å². The molecule has 0 radical (unpaired) electrons. The molecule has 0 saturated heterocycles. The summed E-state index contributed by atoms with van der Waals surface area (Å²) in [4.78, 5) is 37.2. The Bertz CT molecular complexity index is 841. The van der Waals surface area contributed by atoms with Crippen LogP contribution >= 0.6 is 11.6 Å². The van der Waals surface area contributed by atoms with Crippen molar-refractivity contribution in [2.45, 2.75) is 6.92 Å². The van der Waals surface area contributed by atoms with Gasteiger partial charge in [-0.15, -0.1) is 0 Å². The third kappa shape index (κ3) is 8.63. The van der Waals surface area contributed by atoms with Gasteiger partial charge in [0.15, 0.2) is 6.61 Å². The van der Waals surface area contributed by atoms with Crippen LogP contribution in [0.1, 0.15) is 5.56 Å². The Balaban J connectivity index is 1.64. The van der Waals surface area contributed by atoms with E-state index in [0.717, 1.165) is 5.56 Å². The first-order valence-corrected chi connectivity index (χ1v) is 9.21. The number of hydrogen-bond donors (Lipinski definition) is 3. The summed E-state index contributed by atoms with van der Waals surface area (Å²) in [6.45, 7) is 1.64. The average molecular weight is 419 g/mol. The number of halogens is 1. The Hall–Kier alpha value is -3.10. The van der Waals surface area contributed by atoms with E-state index in [-0.39, 0.29) is 25.6 Å². The third-order valence-corrected chi connectivity index (χ3v) is 3.94. The van der Waals surface area contributed by atoms with Crippen LogP contribution in [0, 0.1) is 6.92 Å². The van der Waals surface area contributed by atoms with Gasteiger partial charge in [0.2, 0.25) is 5.91 Å². The Morgan fingerprint density at radius 2 is 1.48 bits per heavy atom. The number of hydrogen-bond acceptors (Lipinski definition) is 5. The van der Waals surface area contributed by atoms with Crippen LogP contribution in [0.5, 0.6) is 5.75 Å². The topological polar surface area (TPSA) is 99.8 Å². The van der Waals surface area contributed by atoms with Crippen molar-refractivity contribution in [2.75, 3.05) is 32.1 Å². The predicted octanol–water partition coefficient (Wildman–Crippen LogP) is 1.75. The van der Waals surface area contributed by atoms with Crippen LogP contribution in [-0.4, -0.2) is 49.4 Å². The molecular formula is C20H23ClN4O4. The highest BCUT2D eigenvalue weighted by molar-refractivity contribution is 6.30. The van der Waals surface area contributed by atoms with Crippen LogP contribution in [0.3, 0.4) is 0 Å². The minimum Gasteiger partial charge on any atom is -0.484 e. The van der Waals surface area contributed by atoms with Gasteiger partial charge in [-0.2, -0.15) is 0 Å². The zero-order valence-corrected chi connectivity index (χ0v) is 17.0. The van der Waals surface area contributed by atoms with Crippen LogP contribution in [0.15, 0.2) is 48.5 Å². The molecule has 0 aromatic heterocycles. The second kappa shape index (κ2) is 11.0. The van der Waals surface area contributed by atoms with Gasteiger partial charge in [-0.3, -0.25) is 30.1 Å². The number of amides is 3. The van der Waals surface area contributed by atoms with Gasteiger partial charge >= 0.3 is 0 Å². The first-order chi connectivity index (χ1) is 13.8. The molecule has 0 heterocycles. The number of carbonyl (C=O) groups excluding carboxylic acids is 3. The van der Waals surface area contributed by atoms with Crippen LogP contribution in [0.2, 0.25) is 5.02 Å². The average Bonchev–Trinajstić information content (AvgIpc) is 2.67. The Morgan fingerprint density at radius 1 is 0.897 bits per heavy atom. The SMILES string of the molecule is Cc1ccc(NC(=O)CN(C)CC(=O)NNC(=O)COc2ccc(Cl)cc2)cc1. The molecule has 2 aromatic carbocycles. The zero-order valence-electron chi connectivity index (χ0n) is 16.2. The van der Waals surface area contributed by atoms with Gasteiger partial charge in [-0.1, -0.05) is 29.3 Å². The number of hydrazine groups is 1. The van der Waals surface area contributed by atoms with Crippen molar-refractivity contribution in [1.29, 1.82) is 0 Å². The van der Waals surface area contributed by atoms with Crippen molar-refractivity contribution in [2.24, 2.45) is 0 Å². The molecular weight excluding hydrogens is 396 g/mol. The molecule has 0 atom stereocenters. The minimum atomic E-state index is -0.520. The van der Waals surface area contributed by atoms with Crippen LogP contribution < -0.4 is 20.9 Å². The van der Waals surface area contributed by atoms with Crippen molar-refractivity contribution in [1.82, 2.24) is 15.8 Å². The highest BCUT2D eigenvalue weighted by Gasteiger charge is 2.12. The Labute approximate surface area is 174 Å². The van der Waals surface area contributed by atoms with Crippen LogP contribution in [-0.2, 0) is 14.4 Å². The lowest BCUT2D eigenvalue weighted by molar-refractivity contribution is -0.130. The molecule has 3 N–H and O–H groups in total. The first-order valence-electron chi connectivity index (χ1n) is 8.83. The lowest BCUT2D eigenvalue weighted by Gasteiger charge is -2.16. The van der Waals surface area contributed by atoms with E-state index in [1.807, 2.05) is 31.2 Å². The molecule has 3 amide bonds. The van der Waals surface area contributed by atoms with Crippen molar-refractivity contribution in [3.63, 3.8) is 0 Å². The van der Waals surface area contributed by atoms with Crippen molar-refractivity contribution in [3.8, 4) is 5.75 Å². The molecule has 0 aliphatic carbocycles. The number of carbonyl (C=O) groups is 3. The van der Waals surface area contributed by atoms with Gasteiger partial charge in [-0.05, 0) is 50.4 Å². The number of likely N-dealkylation sites (N-methyl/N-ethyl adjacent to an activating group) is 1. The highest BCUT2D eigenvalue weighted by atomic mass is 35.5. The number of nitrogens with one attached hydrogen (secondary N) is 3. The lowest BCUT2D eigenvalue weighted by atomic mass is 10.2. The van der Waals surface area contributed by atoms with Crippen molar-refractivity contribution >= 4 is 35.0 Å². The monoisotopic (exact) mass is 418 g/mol. The van der Waals surface area contributed by atoms with E-state index in [0.29, 0.717) is 16.5 Å². The number of rotatable bonds is 8. The molecule has 0 saturated carbocycles. The molecule has 154 valence electrons. The largest absolute Gasteiger partial charge is 0.484 e. The molecule has 2 aromatic rings. The number of ether oxygens (including phenoxy) is 1. The summed E-state index contributed by atoms with van der Waals surface area (Å²) in [5.41, 5.74) is 6.31. The normalized spacial score (nSPS) is 10.3. The van der Waals surface area contributed by atoms with Crippen LogP contribution in [0.4, 0.5) is 5.69 Å². The van der Waals surface area contributed by atoms with Crippen molar-refractivity contribution in [3.05, 3.63) is 59.1 Å². The highest BCUT2D eigenvalue weighted by Crippen LogP contribution is 2.15. The second-order valence-corrected chi connectivity index (χ2v) is 6.86. The van der Waals surface area contributed by atoms with Gasteiger partial charge in [0, 0.05) is 10.7 Å². The van der Waals surface area contributed by atoms with Gasteiger partial charge in [0.1, 0.15) is 5.75 Å². The van der Waals surface area contributed by atoms with E-state index in [2.05, 4.69) is 16.2 Å². The summed E-state index contributed by atoms with van der Waals surface area (Å²) in [5.74, 6) is -0.747. The summed E-state index contributed by atoms with van der Waals surface area (Å²) in [5, 5.41) is 3.31. The molecule has 0 spiro atoms. The number of benzene rings is 2. The number of anilines is 1. The van der Waals surface area contributed by atoms with E-state index < -0.39 is 11.8 Å². The molecule has 9 heteroatoms. The van der Waals surface area contributed by atoms with Crippen molar-refractivity contribution < 1.29 is 19.1 Å². The van der Waals surface area contributed by atoms with E-state index >= 15 is 0 Å². The third-order valence-electron chi connectivity index (χ3n) is 3.69. The molecule has 8 nitrogen and oxygen atoms in total. The van der Waals surface area contributed by atoms with E-state index in [4.69, 9.17) is 16.3 Å². The quantitative estimate of drug-likeness (QED) is 0.567. The zero-order chi connectivity index (χ0) is 21.2. The fourth-order valence-corrected chi connectivity index (χ4v) is 2.40. The molecule has 0 fully saturated rings. The fourth-order valence-electron chi connectivity index (χ4n) is 2.28. The summed E-state index contributed by atoms with van der Waals surface area (Å²) >= 11 is 5.77. The minimum absolute atomic E-state index is 0.0227. The molecule has 0 aliphatic heterocycles. The van der Waals surface area contributed by atoms with E-state index in [9.17, 15) is 14.4 Å². The molecule has 29 heavy (non-hydrogen) atoms. The standard InChI is InChI=1S/C20H23ClN4O4/c1-14-3-7-16(8-4-14)22-18(26)11-25(2)12-19(27)23-24-20(28)13-29-17-9-5-15(21)6-10-17/h3-10H,11-13H2,1-2H3,(H,22,26)(H,23,27)(H,24,28). The van der Waals surface area contributed by atoms with Gasteiger partial charge < -0.3 is 10.1 Å². The maximum absolute atomic E-state index is 12.0. The summed E-state index contributed by atoms with van der Waals surface area (Å²) in [7, 11) is 1.62. The maximum atomic E-state index is 12.0. The summed E-state index contributed by atoms with van der Waals surface area (Å²) in [6.07, 6.45) is 0. The first kappa shape index (κ1) is 22.2. The summed E-state index contributed by atoms with van der Waals surface area (Å²) in [6, 6.07) is 13.9. The fraction of sp³-hybridized carbons (Fsp3) is 0.250. The predicted molar refractivity (Wildman–Crippen MR) is 111 cm³/mol. The summed E-state index contributed by atoms with van der Waals surface area (Å²) < 4.78 is 5.27. The number of nitrogens with zero attached hydrogens (tertiary/aromatic N) is 1.